The van der Waals surface area contributed by atoms with Gasteiger partial charge in [-0.3, -0.25) is 0 Å². The Bertz CT molecular complexity index is 3420. The first-order chi connectivity index (χ1) is 27.2. The van der Waals surface area contributed by atoms with Gasteiger partial charge in [-0.15, -0.1) is 0 Å². The van der Waals surface area contributed by atoms with Crippen LogP contribution in [0.3, 0.4) is 0 Å². The van der Waals surface area contributed by atoms with Gasteiger partial charge in [-0.25, -0.2) is 4.85 Å². The van der Waals surface area contributed by atoms with E-state index in [1.807, 2.05) is 48.5 Å². The highest BCUT2D eigenvalue weighted by atomic mass is 15.0. The van der Waals surface area contributed by atoms with E-state index in [-0.39, 0.29) is 0 Å². The Labute approximate surface area is 316 Å². The fourth-order valence-electron chi connectivity index (χ4n) is 8.77. The summed E-state index contributed by atoms with van der Waals surface area (Å²) in [6, 6.07) is 63.8. The average molecular weight is 700 g/mol. The molecule has 3 heterocycles. The molecule has 0 atom stereocenters. The normalized spacial score (nSPS) is 11.6. The second-order valence-corrected chi connectivity index (χ2v) is 14.0. The van der Waals surface area contributed by atoms with Crippen LogP contribution in [0.15, 0.2) is 176 Å². The van der Waals surface area contributed by atoms with Gasteiger partial charge in [0.25, 0.3) is 0 Å². The minimum atomic E-state index is 0.592. The van der Waals surface area contributed by atoms with Crippen LogP contribution in [0, 0.1) is 17.9 Å². The lowest BCUT2D eigenvalue weighted by Crippen LogP contribution is -2.00. The van der Waals surface area contributed by atoms with Crippen molar-refractivity contribution >= 4 is 71.1 Å². The molecule has 3 aromatic heterocycles. The molecule has 5 heteroatoms. The molecular weight excluding hydrogens is 671 g/mol. The summed E-state index contributed by atoms with van der Waals surface area (Å²) in [6.45, 7) is 7.61. The molecule has 0 unspecified atom stereocenters. The van der Waals surface area contributed by atoms with E-state index in [0.717, 1.165) is 61.0 Å². The second-order valence-electron chi connectivity index (χ2n) is 14.0. The van der Waals surface area contributed by atoms with Crippen LogP contribution < -0.4 is 0 Å². The van der Waals surface area contributed by atoms with Crippen molar-refractivity contribution in [3.63, 3.8) is 0 Å². The first-order valence-corrected chi connectivity index (χ1v) is 18.3. The van der Waals surface area contributed by atoms with Crippen molar-refractivity contribution in [1.29, 1.82) is 5.26 Å². The van der Waals surface area contributed by atoms with Crippen LogP contribution in [-0.4, -0.2) is 13.7 Å². The van der Waals surface area contributed by atoms with Gasteiger partial charge in [-0.2, -0.15) is 5.26 Å². The maximum atomic E-state index is 10.8. The lowest BCUT2D eigenvalue weighted by molar-refractivity contribution is 1.16. The summed E-state index contributed by atoms with van der Waals surface area (Å²) in [5.74, 6) is 0. The quantitative estimate of drug-likeness (QED) is 0.169. The molecule has 0 N–H and O–H groups in total. The van der Waals surface area contributed by atoms with Crippen molar-refractivity contribution in [2.24, 2.45) is 0 Å². The van der Waals surface area contributed by atoms with Crippen molar-refractivity contribution in [2.45, 2.75) is 0 Å². The topological polar surface area (TPSA) is 42.9 Å². The third kappa shape index (κ3) is 4.45. The maximum Gasteiger partial charge on any atom is 0.188 e. The van der Waals surface area contributed by atoms with E-state index in [1.165, 1.54) is 32.6 Å². The summed E-state index contributed by atoms with van der Waals surface area (Å²) in [7, 11) is 0. The van der Waals surface area contributed by atoms with Gasteiger partial charge in [-0.05, 0) is 83.7 Å². The number of fused-ring (bicyclic) bond motifs is 9. The molecule has 0 saturated heterocycles. The summed E-state index contributed by atoms with van der Waals surface area (Å²) >= 11 is 0. The van der Waals surface area contributed by atoms with E-state index in [0.29, 0.717) is 11.3 Å². The van der Waals surface area contributed by atoms with Crippen molar-refractivity contribution in [2.75, 3.05) is 0 Å². The van der Waals surface area contributed by atoms with Gasteiger partial charge in [0.2, 0.25) is 0 Å². The summed E-state index contributed by atoms with van der Waals surface area (Å²) in [6.07, 6.45) is 0. The molecule has 0 fully saturated rings. The molecule has 0 bridgehead atoms. The lowest BCUT2D eigenvalue weighted by Gasteiger charge is -2.15. The standard InChI is InChI=1S/C50H29N5/c1-52-33-24-26-50-41(29-33)39-16-5-9-22-47(39)55(50)48-23-11-18-36(43(48)31-51)32-12-10-13-34(28-32)53-46-21-8-4-17-40(46)42-30-35(25-27-49(42)53)54-44-19-6-2-14-37(44)38-15-3-7-20-45(38)54/h2-30H. The van der Waals surface area contributed by atoms with E-state index in [9.17, 15) is 5.26 Å². The van der Waals surface area contributed by atoms with Crippen LogP contribution in [-0.2, 0) is 0 Å². The predicted octanol–water partition coefficient (Wildman–Crippen LogP) is 13.1. The molecule has 0 radical (unpaired) electrons. The molecule has 0 aliphatic carbocycles. The van der Waals surface area contributed by atoms with Gasteiger partial charge >= 0.3 is 0 Å². The second kappa shape index (κ2) is 11.8. The predicted molar refractivity (Wildman–Crippen MR) is 226 cm³/mol. The van der Waals surface area contributed by atoms with Gasteiger partial charge in [0.1, 0.15) is 6.07 Å². The van der Waals surface area contributed by atoms with Gasteiger partial charge in [0.05, 0.1) is 50.9 Å². The van der Waals surface area contributed by atoms with Crippen molar-refractivity contribution in [1.82, 2.24) is 13.7 Å². The highest BCUT2D eigenvalue weighted by Gasteiger charge is 2.20. The van der Waals surface area contributed by atoms with E-state index >= 15 is 0 Å². The number of aromatic nitrogens is 3. The minimum Gasteiger partial charge on any atom is -0.309 e. The Balaban J connectivity index is 1.10. The summed E-state index contributed by atoms with van der Waals surface area (Å²) in [5.41, 5.74) is 12.5. The zero-order chi connectivity index (χ0) is 36.6. The van der Waals surface area contributed by atoms with Gasteiger partial charge in [-0.1, -0.05) is 103 Å². The number of rotatable bonds is 4. The number of nitriles is 1. The highest BCUT2D eigenvalue weighted by molar-refractivity contribution is 6.13. The fourth-order valence-corrected chi connectivity index (χ4v) is 8.77. The smallest absolute Gasteiger partial charge is 0.188 e. The molecular formula is C50H29N5. The van der Waals surface area contributed by atoms with Crippen LogP contribution in [0.25, 0.3) is 98.5 Å². The van der Waals surface area contributed by atoms with Crippen molar-refractivity contribution in [3.8, 4) is 34.3 Å². The van der Waals surface area contributed by atoms with Crippen LogP contribution in [0.1, 0.15) is 5.56 Å². The molecule has 254 valence electrons. The monoisotopic (exact) mass is 699 g/mol. The number of para-hydroxylation sites is 4. The molecule has 0 saturated carbocycles. The molecule has 8 aromatic carbocycles. The van der Waals surface area contributed by atoms with E-state index in [4.69, 9.17) is 6.57 Å². The number of benzene rings is 8. The fraction of sp³-hybridized carbons (Fsp3) is 0. The van der Waals surface area contributed by atoms with Crippen LogP contribution >= 0.6 is 0 Å². The van der Waals surface area contributed by atoms with Gasteiger partial charge in [0.15, 0.2) is 5.69 Å². The van der Waals surface area contributed by atoms with Gasteiger partial charge in [0, 0.05) is 43.9 Å². The van der Waals surface area contributed by atoms with Crippen molar-refractivity contribution in [3.05, 3.63) is 193 Å². The SMILES string of the molecule is [C-]#[N+]c1ccc2c(c1)c1ccccc1n2-c1cccc(-c2cccc(-n3c4ccccc4c4cc(-n5c6ccccc6c6ccccc65)ccc43)c2)c1C#N. The summed E-state index contributed by atoms with van der Waals surface area (Å²) < 4.78 is 6.86. The number of hydrogen-bond donors (Lipinski definition) is 0. The summed E-state index contributed by atoms with van der Waals surface area (Å²) in [4.78, 5) is 3.69. The molecule has 0 spiro atoms. The largest absolute Gasteiger partial charge is 0.309 e. The maximum absolute atomic E-state index is 10.8. The summed E-state index contributed by atoms with van der Waals surface area (Å²) in [5, 5.41) is 17.7. The van der Waals surface area contributed by atoms with Crippen LogP contribution in [0.2, 0.25) is 0 Å². The highest BCUT2D eigenvalue weighted by Crippen LogP contribution is 2.40. The molecule has 11 aromatic rings. The number of nitrogens with zero attached hydrogens (tertiary/aromatic N) is 5. The minimum absolute atomic E-state index is 0.592. The average Bonchev–Trinajstić information content (AvgIpc) is 3.88. The van der Waals surface area contributed by atoms with E-state index < -0.39 is 0 Å². The first kappa shape index (κ1) is 30.7. The Morgan fingerprint density at radius 3 is 1.53 bits per heavy atom. The number of hydrogen-bond acceptors (Lipinski definition) is 1. The first-order valence-electron chi connectivity index (χ1n) is 18.3. The Hall–Kier alpha value is -7.86. The Morgan fingerprint density at radius 2 is 0.909 bits per heavy atom. The zero-order valence-electron chi connectivity index (χ0n) is 29.5. The molecule has 11 rings (SSSR count). The zero-order valence-corrected chi connectivity index (χ0v) is 29.5. The van der Waals surface area contributed by atoms with E-state index in [2.05, 4.69) is 152 Å². The van der Waals surface area contributed by atoms with Crippen molar-refractivity contribution < 1.29 is 0 Å². The molecule has 5 nitrogen and oxygen atoms in total. The Kier molecular flexibility index (Phi) is 6.61. The van der Waals surface area contributed by atoms with Crippen LogP contribution in [0.4, 0.5) is 5.69 Å². The van der Waals surface area contributed by atoms with Gasteiger partial charge < -0.3 is 13.7 Å². The molecule has 55 heavy (non-hydrogen) atoms. The third-order valence-electron chi connectivity index (χ3n) is 11.1. The van der Waals surface area contributed by atoms with Crippen LogP contribution in [0.5, 0.6) is 0 Å². The molecule has 0 aliphatic rings. The molecule has 0 amide bonds. The third-order valence-corrected chi connectivity index (χ3v) is 11.1. The lowest BCUT2D eigenvalue weighted by atomic mass is 9.98. The van der Waals surface area contributed by atoms with E-state index in [1.54, 1.807) is 0 Å². The molecule has 0 aliphatic heterocycles. The Morgan fingerprint density at radius 1 is 0.418 bits per heavy atom.